The zero-order valence-electron chi connectivity index (χ0n) is 21.5. The molecule has 0 radical (unpaired) electrons. The van der Waals surface area contributed by atoms with Crippen molar-refractivity contribution >= 4 is 67.6 Å². The monoisotopic (exact) mass is 582 g/mol. The summed E-state index contributed by atoms with van der Waals surface area (Å²) < 4.78 is 31.5. The molecule has 5 aromatic carbocycles. The van der Waals surface area contributed by atoms with Gasteiger partial charge in [-0.3, -0.25) is 4.55 Å². The summed E-state index contributed by atoms with van der Waals surface area (Å²) in [7, 11) is -4.27. The number of nitrogens with zero attached hydrogens (tertiary/aromatic N) is 6. The molecular weight excluding hydrogens is 560 g/mol. The first-order chi connectivity index (χ1) is 19.7. The first kappa shape index (κ1) is 27.8. The highest BCUT2D eigenvalue weighted by Gasteiger charge is 2.09. The van der Waals surface area contributed by atoms with Crippen LogP contribution in [0.4, 0.5) is 34.1 Å². The molecule has 204 valence electrons. The lowest BCUT2D eigenvalue weighted by Gasteiger charge is -2.06. The van der Waals surface area contributed by atoms with E-state index in [4.69, 9.17) is 4.55 Å². The Morgan fingerprint density at radius 1 is 0.585 bits per heavy atom. The van der Waals surface area contributed by atoms with Crippen LogP contribution in [-0.4, -0.2) is 18.1 Å². The van der Waals surface area contributed by atoms with Crippen LogP contribution in [0.15, 0.2) is 138 Å². The van der Waals surface area contributed by atoms with Gasteiger partial charge < -0.3 is 5.11 Å². The zero-order chi connectivity index (χ0) is 29.0. The second-order valence-electron chi connectivity index (χ2n) is 8.89. The Hall–Kier alpha value is -4.78. The van der Waals surface area contributed by atoms with Crippen LogP contribution in [0.2, 0.25) is 0 Å². The van der Waals surface area contributed by atoms with Gasteiger partial charge in [0.15, 0.2) is 0 Å². The number of aryl methyl sites for hydroxylation is 1. The molecule has 12 heteroatoms. The van der Waals surface area contributed by atoms with E-state index in [0.717, 1.165) is 21.2 Å². The van der Waals surface area contributed by atoms with E-state index in [9.17, 15) is 13.5 Å². The van der Waals surface area contributed by atoms with Crippen LogP contribution in [-0.2, 0) is 10.1 Å². The standard InChI is InChI=1S/C29H22N6O4S2/c1-18-16-21(6-13-27(18)33-30-20-4-10-24(11-5-20)41(37,38)39)32-35-29-15-14-28(25-12-9-23(40)17-26(25)29)34-31-19-2-7-22(36)8-3-19/h2-17,36,40H,1H3,(H,37,38,39). The Kier molecular flexibility index (Phi) is 7.97. The number of rotatable bonds is 7. The highest BCUT2D eigenvalue weighted by molar-refractivity contribution is 7.85. The van der Waals surface area contributed by atoms with E-state index >= 15 is 0 Å². The van der Waals surface area contributed by atoms with Crippen LogP contribution in [0.25, 0.3) is 10.8 Å². The van der Waals surface area contributed by atoms with Crippen molar-refractivity contribution in [1.82, 2.24) is 0 Å². The Balaban J connectivity index is 1.37. The number of benzene rings is 5. The van der Waals surface area contributed by atoms with Gasteiger partial charge in [-0.2, -0.15) is 28.9 Å². The van der Waals surface area contributed by atoms with Gasteiger partial charge in [0, 0.05) is 15.7 Å². The van der Waals surface area contributed by atoms with E-state index < -0.39 is 10.1 Å². The van der Waals surface area contributed by atoms with E-state index in [-0.39, 0.29) is 10.6 Å². The van der Waals surface area contributed by atoms with Gasteiger partial charge in [-0.05, 0) is 103 Å². The molecule has 0 aromatic heterocycles. The van der Waals surface area contributed by atoms with Crippen molar-refractivity contribution in [1.29, 1.82) is 0 Å². The summed E-state index contributed by atoms with van der Waals surface area (Å²) in [6, 6.07) is 26.5. The maximum Gasteiger partial charge on any atom is 0.294 e. The normalized spacial score (nSPS) is 12.3. The number of fused-ring (bicyclic) bond motifs is 1. The van der Waals surface area contributed by atoms with Crippen molar-refractivity contribution in [3.8, 4) is 5.75 Å². The SMILES string of the molecule is Cc1cc(N=Nc2ccc(N=Nc3ccc(O)cc3)c3ccc(S)cc23)ccc1N=Nc1ccc(S(=O)(=O)O)cc1. The predicted octanol–water partition coefficient (Wildman–Crippen LogP) is 9.64. The number of hydrogen-bond acceptors (Lipinski definition) is 10. The van der Waals surface area contributed by atoms with Gasteiger partial charge in [0.25, 0.3) is 10.1 Å². The van der Waals surface area contributed by atoms with Gasteiger partial charge >= 0.3 is 0 Å². The lowest BCUT2D eigenvalue weighted by Crippen LogP contribution is -1.96. The summed E-state index contributed by atoms with van der Waals surface area (Å²) in [4.78, 5) is 0.550. The lowest BCUT2D eigenvalue weighted by molar-refractivity contribution is 0.475. The number of azo groups is 3. The van der Waals surface area contributed by atoms with Crippen molar-refractivity contribution in [2.45, 2.75) is 16.7 Å². The molecule has 10 nitrogen and oxygen atoms in total. The van der Waals surface area contributed by atoms with E-state index in [1.165, 1.54) is 24.3 Å². The fourth-order valence-corrected chi connectivity index (χ4v) is 4.52. The molecule has 0 unspecified atom stereocenters. The molecule has 0 saturated carbocycles. The molecule has 0 atom stereocenters. The third-order valence-corrected chi connectivity index (χ3v) is 7.08. The number of aromatic hydroxyl groups is 1. The first-order valence-electron chi connectivity index (χ1n) is 12.1. The smallest absolute Gasteiger partial charge is 0.294 e. The quantitative estimate of drug-likeness (QED) is 0.0994. The van der Waals surface area contributed by atoms with Crippen LogP contribution in [0.3, 0.4) is 0 Å². The second kappa shape index (κ2) is 11.8. The molecule has 0 bridgehead atoms. The third-order valence-electron chi connectivity index (χ3n) is 5.94. The largest absolute Gasteiger partial charge is 0.508 e. The fourth-order valence-electron chi connectivity index (χ4n) is 3.83. The molecule has 0 aliphatic carbocycles. The van der Waals surface area contributed by atoms with Crippen LogP contribution >= 0.6 is 12.6 Å². The average Bonchev–Trinajstić information content (AvgIpc) is 2.95. The van der Waals surface area contributed by atoms with Gasteiger partial charge in [0.2, 0.25) is 0 Å². The molecule has 0 spiro atoms. The first-order valence-corrected chi connectivity index (χ1v) is 14.0. The zero-order valence-corrected chi connectivity index (χ0v) is 23.2. The lowest BCUT2D eigenvalue weighted by atomic mass is 10.1. The maximum atomic E-state index is 11.2. The molecule has 5 aromatic rings. The van der Waals surface area contributed by atoms with Crippen molar-refractivity contribution in [3.63, 3.8) is 0 Å². The highest BCUT2D eigenvalue weighted by Crippen LogP contribution is 2.37. The molecule has 0 aliphatic rings. The van der Waals surface area contributed by atoms with Crippen LogP contribution in [0, 0.1) is 6.92 Å². The topological polar surface area (TPSA) is 149 Å². The molecule has 2 N–H and O–H groups in total. The molecule has 0 amide bonds. The van der Waals surface area contributed by atoms with E-state index in [2.05, 4.69) is 43.3 Å². The second-order valence-corrected chi connectivity index (χ2v) is 10.8. The maximum absolute atomic E-state index is 11.2. The number of phenols is 1. The predicted molar refractivity (Wildman–Crippen MR) is 159 cm³/mol. The summed E-state index contributed by atoms with van der Waals surface area (Å²) in [5.74, 6) is 0.158. The minimum atomic E-state index is -4.27. The Morgan fingerprint density at radius 2 is 1.10 bits per heavy atom. The molecule has 0 heterocycles. The molecule has 5 rings (SSSR count). The minimum Gasteiger partial charge on any atom is -0.508 e. The average molecular weight is 583 g/mol. The van der Waals surface area contributed by atoms with Gasteiger partial charge in [0.05, 0.1) is 39.0 Å². The van der Waals surface area contributed by atoms with Crippen molar-refractivity contribution in [3.05, 3.63) is 103 Å². The van der Waals surface area contributed by atoms with E-state index in [1.54, 1.807) is 36.4 Å². The van der Waals surface area contributed by atoms with Crippen LogP contribution < -0.4 is 0 Å². The fraction of sp³-hybridized carbons (Fsp3) is 0.0345. The molecular formula is C29H22N6O4S2. The summed E-state index contributed by atoms with van der Waals surface area (Å²) in [5.41, 5.74) is 4.36. The summed E-state index contributed by atoms with van der Waals surface area (Å²) >= 11 is 4.48. The third kappa shape index (κ3) is 6.87. The molecule has 0 saturated heterocycles. The van der Waals surface area contributed by atoms with Gasteiger partial charge in [-0.15, -0.1) is 22.9 Å². The van der Waals surface area contributed by atoms with Gasteiger partial charge in [-0.25, -0.2) is 0 Å². The number of hydrogen-bond donors (Lipinski definition) is 3. The summed E-state index contributed by atoms with van der Waals surface area (Å²) in [5, 5.41) is 37.0. The highest BCUT2D eigenvalue weighted by atomic mass is 32.2. The molecule has 41 heavy (non-hydrogen) atoms. The van der Waals surface area contributed by atoms with Crippen LogP contribution in [0.5, 0.6) is 5.75 Å². The van der Waals surface area contributed by atoms with Gasteiger partial charge in [0.1, 0.15) is 5.75 Å². The van der Waals surface area contributed by atoms with E-state index in [0.29, 0.717) is 34.1 Å². The van der Waals surface area contributed by atoms with Crippen molar-refractivity contribution in [2.24, 2.45) is 30.7 Å². The van der Waals surface area contributed by atoms with Crippen LogP contribution in [0.1, 0.15) is 5.56 Å². The van der Waals surface area contributed by atoms with E-state index in [1.807, 2.05) is 43.3 Å². The summed E-state index contributed by atoms with van der Waals surface area (Å²) in [6.45, 7) is 1.87. The van der Waals surface area contributed by atoms with Gasteiger partial charge in [-0.1, -0.05) is 6.07 Å². The Morgan fingerprint density at radius 3 is 1.71 bits per heavy atom. The summed E-state index contributed by atoms with van der Waals surface area (Å²) in [6.07, 6.45) is 0. The van der Waals surface area contributed by atoms with Crippen molar-refractivity contribution < 1.29 is 18.1 Å². The Bertz CT molecular complexity index is 1940. The minimum absolute atomic E-state index is 0.158. The Labute approximate surface area is 241 Å². The molecule has 0 fully saturated rings. The number of phenolic OH excluding ortho intramolecular Hbond substituents is 1. The number of thiol groups is 1. The molecule has 0 aliphatic heterocycles. The van der Waals surface area contributed by atoms with Crippen molar-refractivity contribution in [2.75, 3.05) is 0 Å².